The lowest BCUT2D eigenvalue weighted by atomic mass is 10.2. The number of hydrogen-bond acceptors (Lipinski definition) is 5. The average molecular weight is 319 g/mol. The van der Waals surface area contributed by atoms with Crippen LogP contribution in [0.2, 0.25) is 0 Å². The Balaban J connectivity index is 2.23. The first-order valence-electron chi connectivity index (χ1n) is 6.79. The number of nitrogens with zero attached hydrogens (tertiary/aromatic N) is 1. The predicted octanol–water partition coefficient (Wildman–Crippen LogP) is 2.67. The van der Waals surface area contributed by atoms with Crippen molar-refractivity contribution in [1.82, 2.24) is 4.98 Å². The van der Waals surface area contributed by atoms with E-state index in [4.69, 9.17) is 14.6 Å². The summed E-state index contributed by atoms with van der Waals surface area (Å²) in [6, 6.07) is 6.82. The Hall–Kier alpha value is -2.96. The second kappa shape index (κ2) is 7.35. The van der Waals surface area contributed by atoms with Crippen LogP contribution in [0.4, 0.5) is 4.39 Å². The molecule has 1 N–H and O–H groups in total. The summed E-state index contributed by atoms with van der Waals surface area (Å²) in [5.74, 6) is -2.35. The Morgan fingerprint density at radius 1 is 1.26 bits per heavy atom. The van der Waals surface area contributed by atoms with Gasteiger partial charge in [-0.05, 0) is 30.7 Å². The first-order chi connectivity index (χ1) is 11.0. The molecule has 7 heteroatoms. The number of aromatic nitrogens is 1. The number of hydrogen-bond donors (Lipinski definition) is 1. The van der Waals surface area contributed by atoms with Gasteiger partial charge in [0.2, 0.25) is 0 Å². The third-order valence-electron chi connectivity index (χ3n) is 2.87. The van der Waals surface area contributed by atoms with Gasteiger partial charge in [0, 0.05) is 6.20 Å². The summed E-state index contributed by atoms with van der Waals surface area (Å²) in [4.78, 5) is 26.6. The monoisotopic (exact) mass is 319 g/mol. The van der Waals surface area contributed by atoms with Gasteiger partial charge in [0.05, 0.1) is 12.2 Å². The van der Waals surface area contributed by atoms with E-state index in [1.54, 1.807) is 6.92 Å². The minimum Gasteiger partial charge on any atom is -0.486 e. The Labute approximate surface area is 131 Å². The number of rotatable bonds is 6. The van der Waals surface area contributed by atoms with Crippen LogP contribution in [0.15, 0.2) is 36.5 Å². The minimum absolute atomic E-state index is 0.00845. The van der Waals surface area contributed by atoms with Crippen molar-refractivity contribution in [3.8, 4) is 5.75 Å². The molecule has 0 aliphatic rings. The Kier molecular flexibility index (Phi) is 5.24. The van der Waals surface area contributed by atoms with Crippen molar-refractivity contribution in [2.24, 2.45) is 0 Å². The molecule has 23 heavy (non-hydrogen) atoms. The number of aromatic carboxylic acids is 1. The first kappa shape index (κ1) is 16.4. The molecular formula is C16H14FNO5. The Morgan fingerprint density at radius 2 is 1.96 bits per heavy atom. The van der Waals surface area contributed by atoms with Crippen LogP contribution in [0.3, 0.4) is 0 Å². The fourth-order valence-electron chi connectivity index (χ4n) is 1.78. The molecule has 2 aromatic rings. The van der Waals surface area contributed by atoms with E-state index in [9.17, 15) is 14.0 Å². The van der Waals surface area contributed by atoms with Crippen LogP contribution in [0.5, 0.6) is 5.75 Å². The molecule has 0 fully saturated rings. The molecule has 0 spiro atoms. The van der Waals surface area contributed by atoms with Crippen LogP contribution in [-0.2, 0) is 11.3 Å². The largest absolute Gasteiger partial charge is 0.486 e. The Morgan fingerprint density at radius 3 is 2.57 bits per heavy atom. The number of pyridine rings is 1. The molecule has 0 atom stereocenters. The maximum atomic E-state index is 12.9. The van der Waals surface area contributed by atoms with Crippen molar-refractivity contribution in [3.63, 3.8) is 0 Å². The third kappa shape index (κ3) is 4.26. The molecule has 0 aliphatic heterocycles. The van der Waals surface area contributed by atoms with Crippen molar-refractivity contribution in [1.29, 1.82) is 0 Å². The van der Waals surface area contributed by atoms with Gasteiger partial charge in [-0.2, -0.15) is 0 Å². The quantitative estimate of drug-likeness (QED) is 0.824. The second-order valence-corrected chi connectivity index (χ2v) is 4.51. The van der Waals surface area contributed by atoms with E-state index in [1.165, 1.54) is 30.3 Å². The molecule has 0 aliphatic carbocycles. The van der Waals surface area contributed by atoms with E-state index < -0.39 is 11.9 Å². The van der Waals surface area contributed by atoms with E-state index in [-0.39, 0.29) is 36.0 Å². The Bertz CT molecular complexity index is 715. The summed E-state index contributed by atoms with van der Waals surface area (Å²) in [6.07, 6.45) is 1.12. The molecule has 0 saturated carbocycles. The van der Waals surface area contributed by atoms with Gasteiger partial charge in [0.25, 0.3) is 0 Å². The van der Waals surface area contributed by atoms with Gasteiger partial charge < -0.3 is 14.6 Å². The standard InChI is InChI=1S/C16H14FNO5/c1-2-22-16(21)11-7-13(14(15(19)20)18-8-11)23-9-10-3-5-12(17)6-4-10/h3-8H,2,9H2,1H3,(H,19,20). The summed E-state index contributed by atoms with van der Waals surface area (Å²) < 4.78 is 23.1. The molecule has 0 saturated heterocycles. The third-order valence-corrected chi connectivity index (χ3v) is 2.87. The lowest BCUT2D eigenvalue weighted by Crippen LogP contribution is -2.10. The number of benzene rings is 1. The van der Waals surface area contributed by atoms with Crippen molar-refractivity contribution >= 4 is 11.9 Å². The zero-order chi connectivity index (χ0) is 16.8. The summed E-state index contributed by atoms with van der Waals surface area (Å²) >= 11 is 0. The van der Waals surface area contributed by atoms with E-state index in [2.05, 4.69) is 4.98 Å². The minimum atomic E-state index is -1.28. The second-order valence-electron chi connectivity index (χ2n) is 4.51. The van der Waals surface area contributed by atoms with Crippen molar-refractivity contribution in [2.45, 2.75) is 13.5 Å². The lowest BCUT2D eigenvalue weighted by molar-refractivity contribution is 0.0523. The fourth-order valence-corrected chi connectivity index (χ4v) is 1.78. The van der Waals surface area contributed by atoms with Crippen LogP contribution in [0.1, 0.15) is 33.3 Å². The van der Waals surface area contributed by atoms with E-state index >= 15 is 0 Å². The molecular weight excluding hydrogens is 305 g/mol. The molecule has 120 valence electrons. The number of carboxylic acid groups (broad SMARTS) is 1. The summed E-state index contributed by atoms with van der Waals surface area (Å²) in [7, 11) is 0. The van der Waals surface area contributed by atoms with Gasteiger partial charge >= 0.3 is 11.9 Å². The number of halogens is 1. The first-order valence-corrected chi connectivity index (χ1v) is 6.79. The highest BCUT2D eigenvalue weighted by Gasteiger charge is 2.17. The highest BCUT2D eigenvalue weighted by Crippen LogP contribution is 2.20. The van der Waals surface area contributed by atoms with Crippen LogP contribution in [0.25, 0.3) is 0 Å². The van der Waals surface area contributed by atoms with Gasteiger partial charge in [0.15, 0.2) is 11.4 Å². The van der Waals surface area contributed by atoms with Crippen molar-refractivity contribution < 1.29 is 28.6 Å². The normalized spacial score (nSPS) is 10.2. The topological polar surface area (TPSA) is 85.7 Å². The number of ether oxygens (including phenoxy) is 2. The highest BCUT2D eigenvalue weighted by molar-refractivity contribution is 5.93. The van der Waals surface area contributed by atoms with E-state index in [0.29, 0.717) is 5.56 Å². The van der Waals surface area contributed by atoms with Crippen molar-refractivity contribution in [2.75, 3.05) is 6.61 Å². The summed E-state index contributed by atoms with van der Waals surface area (Å²) in [5.41, 5.74) is 0.412. The van der Waals surface area contributed by atoms with Gasteiger partial charge in [-0.15, -0.1) is 0 Å². The highest BCUT2D eigenvalue weighted by atomic mass is 19.1. The summed E-state index contributed by atoms with van der Waals surface area (Å²) in [5, 5.41) is 9.12. The van der Waals surface area contributed by atoms with Gasteiger partial charge in [-0.3, -0.25) is 0 Å². The lowest BCUT2D eigenvalue weighted by Gasteiger charge is -2.10. The van der Waals surface area contributed by atoms with E-state index in [1.807, 2.05) is 0 Å². The molecule has 0 amide bonds. The van der Waals surface area contributed by atoms with Gasteiger partial charge in [0.1, 0.15) is 12.4 Å². The van der Waals surface area contributed by atoms with E-state index in [0.717, 1.165) is 6.20 Å². The van der Waals surface area contributed by atoms with Gasteiger partial charge in [-0.1, -0.05) is 12.1 Å². The molecule has 0 radical (unpaired) electrons. The molecule has 2 rings (SSSR count). The average Bonchev–Trinajstić information content (AvgIpc) is 2.54. The zero-order valence-corrected chi connectivity index (χ0v) is 12.3. The summed E-state index contributed by atoms with van der Waals surface area (Å²) in [6.45, 7) is 1.85. The van der Waals surface area contributed by atoms with Crippen LogP contribution < -0.4 is 4.74 Å². The molecule has 1 heterocycles. The SMILES string of the molecule is CCOC(=O)c1cnc(C(=O)O)c(OCc2ccc(F)cc2)c1. The van der Waals surface area contributed by atoms with Crippen LogP contribution in [0, 0.1) is 5.82 Å². The van der Waals surface area contributed by atoms with Gasteiger partial charge in [-0.25, -0.2) is 19.0 Å². The molecule has 0 bridgehead atoms. The predicted molar refractivity (Wildman–Crippen MR) is 77.9 cm³/mol. The fraction of sp³-hybridized carbons (Fsp3) is 0.188. The molecule has 6 nitrogen and oxygen atoms in total. The smallest absolute Gasteiger partial charge is 0.358 e. The number of esters is 1. The van der Waals surface area contributed by atoms with Crippen LogP contribution in [-0.4, -0.2) is 28.6 Å². The molecule has 1 aromatic heterocycles. The van der Waals surface area contributed by atoms with Crippen molar-refractivity contribution in [3.05, 3.63) is 59.2 Å². The maximum absolute atomic E-state index is 12.9. The van der Waals surface area contributed by atoms with Crippen LogP contribution >= 0.6 is 0 Å². The molecule has 1 aromatic carbocycles. The number of carbonyl (C=O) groups is 2. The number of carbonyl (C=O) groups excluding carboxylic acids is 1. The molecule has 0 unspecified atom stereocenters. The maximum Gasteiger partial charge on any atom is 0.358 e. The zero-order valence-electron chi connectivity index (χ0n) is 12.3. The number of carboxylic acids is 1.